The van der Waals surface area contributed by atoms with Crippen molar-refractivity contribution in [2.45, 2.75) is 75.9 Å². The number of carbonyl (C=O) groups excluding carboxylic acids is 1. The molecule has 0 aromatic heterocycles. The number of ketones is 1. The molecule has 1 saturated carbocycles. The number of ether oxygens (including phenoxy) is 1. The summed E-state index contributed by atoms with van der Waals surface area (Å²) in [5, 5.41) is 0. The summed E-state index contributed by atoms with van der Waals surface area (Å²) in [6, 6.07) is 14.7. The molecule has 162 valence electrons. The molecule has 3 rings (SSSR count). The number of Topliss-reactive ketones (excluding diaryl/α,β-unsaturated/α-hetero) is 1. The summed E-state index contributed by atoms with van der Waals surface area (Å²) in [5.74, 6) is 0.816. The van der Waals surface area contributed by atoms with Crippen LogP contribution in [0.15, 0.2) is 48.5 Å². The molecule has 0 spiro atoms. The summed E-state index contributed by atoms with van der Waals surface area (Å²) >= 11 is 0. The molecule has 0 unspecified atom stereocenters. The summed E-state index contributed by atoms with van der Waals surface area (Å²) < 4.78 is 30.1. The lowest BCUT2D eigenvalue weighted by atomic mass is 9.97. The third-order valence-electron chi connectivity index (χ3n) is 5.68. The van der Waals surface area contributed by atoms with Gasteiger partial charge in [0.1, 0.15) is 5.75 Å². The lowest BCUT2D eigenvalue weighted by Gasteiger charge is -2.23. The van der Waals surface area contributed by atoms with E-state index in [1.165, 1.54) is 19.3 Å². The largest absolute Gasteiger partial charge is 0.490 e. The second-order valence-electron chi connectivity index (χ2n) is 9.19. The Morgan fingerprint density at radius 3 is 2.27 bits per heavy atom. The Kier molecular flexibility index (Phi) is 7.02. The van der Waals surface area contributed by atoms with Gasteiger partial charge in [-0.2, -0.15) is 0 Å². The predicted molar refractivity (Wildman–Crippen MR) is 121 cm³/mol. The molecule has 0 amide bonds. The average Bonchev–Trinajstić information content (AvgIpc) is 2.68. The Hall–Kier alpha value is -2.14. The number of hydrogen-bond donors (Lipinski definition) is 0. The zero-order valence-electron chi connectivity index (χ0n) is 18.2. The third kappa shape index (κ3) is 5.94. The highest BCUT2D eigenvalue weighted by atomic mass is 32.2. The van der Waals surface area contributed by atoms with E-state index >= 15 is 0 Å². The number of hydrogen-bond acceptors (Lipinski definition) is 4. The summed E-state index contributed by atoms with van der Waals surface area (Å²) in [4.78, 5) is 12.7. The van der Waals surface area contributed by atoms with Crippen LogP contribution in [0.1, 0.15) is 74.4 Å². The fourth-order valence-electron chi connectivity index (χ4n) is 3.61. The first kappa shape index (κ1) is 22.5. The van der Waals surface area contributed by atoms with Crippen LogP contribution in [0.5, 0.6) is 5.75 Å². The molecule has 1 fully saturated rings. The van der Waals surface area contributed by atoms with Crippen LogP contribution in [-0.2, 0) is 22.0 Å². The van der Waals surface area contributed by atoms with Gasteiger partial charge in [0, 0.05) is 12.0 Å². The van der Waals surface area contributed by atoms with Crippen LogP contribution in [0.4, 0.5) is 0 Å². The van der Waals surface area contributed by atoms with E-state index < -0.39 is 14.6 Å². The lowest BCUT2D eigenvalue weighted by molar-refractivity contribution is 0.0993. The predicted octanol–water partition coefficient (Wildman–Crippen LogP) is 5.54. The average molecular weight is 429 g/mol. The summed E-state index contributed by atoms with van der Waals surface area (Å²) in [6.45, 7) is 5.10. The Morgan fingerprint density at radius 1 is 0.967 bits per heavy atom. The zero-order chi connectivity index (χ0) is 21.8. The fourth-order valence-corrected chi connectivity index (χ4v) is 4.68. The second-order valence-corrected chi connectivity index (χ2v) is 11.9. The van der Waals surface area contributed by atoms with E-state index in [-0.39, 0.29) is 17.6 Å². The first-order valence-electron chi connectivity index (χ1n) is 10.7. The van der Waals surface area contributed by atoms with Crippen LogP contribution in [0.3, 0.4) is 0 Å². The van der Waals surface area contributed by atoms with Crippen LogP contribution in [0.2, 0.25) is 0 Å². The van der Waals surface area contributed by atoms with Crippen molar-refractivity contribution in [1.29, 1.82) is 0 Å². The Labute approximate surface area is 180 Å². The number of benzene rings is 2. The van der Waals surface area contributed by atoms with Gasteiger partial charge < -0.3 is 4.74 Å². The Balaban J connectivity index is 1.62. The van der Waals surface area contributed by atoms with Gasteiger partial charge in [0.25, 0.3) is 0 Å². The fraction of sp³-hybridized carbons (Fsp3) is 0.480. The minimum atomic E-state index is -3.25. The molecule has 0 bridgehead atoms. The van der Waals surface area contributed by atoms with Gasteiger partial charge in [-0.1, -0.05) is 42.8 Å². The van der Waals surface area contributed by atoms with Gasteiger partial charge >= 0.3 is 0 Å². The van der Waals surface area contributed by atoms with Gasteiger partial charge in [0.05, 0.1) is 16.6 Å². The maximum absolute atomic E-state index is 12.7. The molecule has 2 aromatic carbocycles. The van der Waals surface area contributed by atoms with Crippen molar-refractivity contribution in [3.8, 4) is 5.75 Å². The van der Waals surface area contributed by atoms with Gasteiger partial charge in [-0.15, -0.1) is 0 Å². The van der Waals surface area contributed by atoms with Gasteiger partial charge in [-0.25, -0.2) is 8.42 Å². The summed E-state index contributed by atoms with van der Waals surface area (Å²) in [6.07, 6.45) is 6.49. The molecular formula is C25H32O4S. The highest BCUT2D eigenvalue weighted by Gasteiger charge is 2.29. The maximum Gasteiger partial charge on any atom is 0.167 e. The number of sulfone groups is 1. The summed E-state index contributed by atoms with van der Waals surface area (Å²) in [7, 11) is -3.25. The highest BCUT2D eigenvalue weighted by Crippen LogP contribution is 2.25. The topological polar surface area (TPSA) is 60.4 Å². The molecule has 0 radical (unpaired) electrons. The van der Waals surface area contributed by atoms with E-state index in [2.05, 4.69) is 0 Å². The van der Waals surface area contributed by atoms with Gasteiger partial charge in [0.15, 0.2) is 15.6 Å². The van der Waals surface area contributed by atoms with Crippen molar-refractivity contribution in [3.05, 3.63) is 65.2 Å². The highest BCUT2D eigenvalue weighted by molar-refractivity contribution is 7.91. The van der Waals surface area contributed by atoms with E-state index in [1.54, 1.807) is 45.0 Å². The van der Waals surface area contributed by atoms with Crippen molar-refractivity contribution in [2.24, 2.45) is 0 Å². The normalized spacial score (nSPS) is 15.7. The molecule has 0 heterocycles. The van der Waals surface area contributed by atoms with Crippen LogP contribution in [0, 0.1) is 0 Å². The van der Waals surface area contributed by atoms with Crippen LogP contribution in [-0.4, -0.2) is 25.1 Å². The van der Waals surface area contributed by atoms with Crippen molar-refractivity contribution in [2.75, 3.05) is 0 Å². The van der Waals surface area contributed by atoms with E-state index in [4.69, 9.17) is 4.74 Å². The summed E-state index contributed by atoms with van der Waals surface area (Å²) in [5.41, 5.74) is 2.21. The molecule has 0 N–H and O–H groups in total. The SMILES string of the molecule is CC(C)(C)S(=O)(=O)Cc1ccc(C(=O)Cc2cccc(OC3CCCCC3)c2)cc1. The molecule has 5 heteroatoms. The van der Waals surface area contributed by atoms with Crippen LogP contribution >= 0.6 is 0 Å². The van der Waals surface area contributed by atoms with Gasteiger partial charge in [-0.05, 0) is 69.7 Å². The number of carbonyl (C=O) groups is 1. The molecule has 0 saturated heterocycles. The Bertz CT molecular complexity index is 963. The van der Waals surface area contributed by atoms with Gasteiger partial charge in [0.2, 0.25) is 0 Å². The number of rotatable bonds is 7. The monoisotopic (exact) mass is 428 g/mol. The maximum atomic E-state index is 12.7. The van der Waals surface area contributed by atoms with Crippen molar-refractivity contribution < 1.29 is 17.9 Å². The second kappa shape index (κ2) is 9.34. The molecule has 0 aliphatic heterocycles. The van der Waals surface area contributed by atoms with Crippen LogP contribution < -0.4 is 4.74 Å². The van der Waals surface area contributed by atoms with Gasteiger partial charge in [-0.3, -0.25) is 4.79 Å². The Morgan fingerprint density at radius 2 is 1.63 bits per heavy atom. The molecule has 30 heavy (non-hydrogen) atoms. The molecule has 1 aliphatic carbocycles. The standard InChI is InChI=1S/C25H32O4S/c1-25(2,3)30(27,28)18-19-12-14-21(15-13-19)24(26)17-20-8-7-11-23(16-20)29-22-9-5-4-6-10-22/h7-8,11-16,22H,4-6,9-10,17-18H2,1-3H3. The van der Waals surface area contributed by atoms with E-state index in [0.717, 1.165) is 24.2 Å². The zero-order valence-corrected chi connectivity index (χ0v) is 19.0. The molecule has 2 aromatic rings. The quantitative estimate of drug-likeness (QED) is 0.544. The van der Waals surface area contributed by atoms with E-state index in [9.17, 15) is 13.2 Å². The third-order valence-corrected chi connectivity index (χ3v) is 8.26. The van der Waals surface area contributed by atoms with Crippen molar-refractivity contribution in [1.82, 2.24) is 0 Å². The van der Waals surface area contributed by atoms with Crippen molar-refractivity contribution in [3.63, 3.8) is 0 Å². The minimum Gasteiger partial charge on any atom is -0.490 e. The van der Waals surface area contributed by atoms with E-state index in [0.29, 0.717) is 17.5 Å². The minimum absolute atomic E-state index is 0.00930. The molecule has 0 atom stereocenters. The molecule has 4 nitrogen and oxygen atoms in total. The molecule has 1 aliphatic rings. The van der Waals surface area contributed by atoms with Crippen molar-refractivity contribution >= 4 is 15.6 Å². The molecular weight excluding hydrogens is 396 g/mol. The van der Waals surface area contributed by atoms with E-state index in [1.807, 2.05) is 24.3 Å². The first-order chi connectivity index (χ1) is 14.1. The van der Waals surface area contributed by atoms with Crippen LogP contribution in [0.25, 0.3) is 0 Å². The lowest BCUT2D eigenvalue weighted by Crippen LogP contribution is -2.29. The smallest absolute Gasteiger partial charge is 0.167 e. The first-order valence-corrected chi connectivity index (χ1v) is 12.4.